The zero-order valence-electron chi connectivity index (χ0n) is 13.6. The summed E-state index contributed by atoms with van der Waals surface area (Å²) in [6, 6.07) is 9.25. The average molecular weight is 304 g/mol. The molecule has 0 radical (unpaired) electrons. The maximum atomic E-state index is 11.9. The number of amides is 1. The van der Waals surface area contributed by atoms with Crippen LogP contribution >= 0.6 is 0 Å². The molecule has 1 heterocycles. The van der Waals surface area contributed by atoms with Gasteiger partial charge in [0.15, 0.2) is 11.3 Å². The Morgan fingerprint density at radius 1 is 1.32 bits per heavy atom. The molecule has 1 aromatic rings. The molecule has 1 aliphatic rings. The molecule has 5 nitrogen and oxygen atoms in total. The minimum atomic E-state index is -1.38. The Morgan fingerprint density at radius 3 is 2.55 bits per heavy atom. The quantitative estimate of drug-likeness (QED) is 0.837. The van der Waals surface area contributed by atoms with Crippen molar-refractivity contribution >= 4 is 11.8 Å². The molecule has 1 fully saturated rings. The van der Waals surface area contributed by atoms with Gasteiger partial charge in [0.25, 0.3) is 0 Å². The molecule has 0 aliphatic carbocycles. The van der Waals surface area contributed by atoms with E-state index in [-0.39, 0.29) is 0 Å². The summed E-state index contributed by atoms with van der Waals surface area (Å²) in [4.78, 5) is 11.9. The lowest BCUT2D eigenvalue weighted by Gasteiger charge is -2.52. The van der Waals surface area contributed by atoms with Crippen molar-refractivity contribution in [3.63, 3.8) is 0 Å². The van der Waals surface area contributed by atoms with Crippen molar-refractivity contribution in [1.82, 2.24) is 5.43 Å². The third-order valence-corrected chi connectivity index (χ3v) is 4.15. The molecular weight excluding hydrogens is 280 g/mol. The largest absolute Gasteiger partial charge is 0.437 e. The smallest absolute Gasteiger partial charge is 0.426 e. The van der Waals surface area contributed by atoms with Crippen LogP contribution in [0.2, 0.25) is 0 Å². The van der Waals surface area contributed by atoms with E-state index in [9.17, 15) is 9.90 Å². The Labute approximate surface area is 131 Å². The van der Waals surface area contributed by atoms with Gasteiger partial charge in [0.2, 0.25) is 0 Å². The number of hydrazine groups is 1. The first-order valence-corrected chi connectivity index (χ1v) is 7.47. The van der Waals surface area contributed by atoms with Crippen LogP contribution in [0.4, 0.5) is 10.5 Å². The molecule has 0 unspecified atom stereocenters. The molecule has 2 rings (SSSR count). The number of benzene rings is 1. The van der Waals surface area contributed by atoms with E-state index >= 15 is 0 Å². The van der Waals surface area contributed by atoms with Gasteiger partial charge in [-0.2, -0.15) is 0 Å². The molecular formula is C17H24N2O3. The number of allylic oxidation sites excluding steroid dienone is 2. The molecule has 5 heteroatoms. The lowest BCUT2D eigenvalue weighted by Crippen LogP contribution is -2.73. The van der Waals surface area contributed by atoms with Crippen molar-refractivity contribution < 1.29 is 14.6 Å². The van der Waals surface area contributed by atoms with Gasteiger partial charge in [-0.3, -0.25) is 0 Å². The van der Waals surface area contributed by atoms with Gasteiger partial charge in [-0.1, -0.05) is 29.8 Å². The topological polar surface area (TPSA) is 61.8 Å². The van der Waals surface area contributed by atoms with Crippen LogP contribution in [-0.4, -0.2) is 22.5 Å². The fourth-order valence-electron chi connectivity index (χ4n) is 2.58. The van der Waals surface area contributed by atoms with Crippen LogP contribution in [-0.2, 0) is 4.74 Å². The number of hydrogen-bond donors (Lipinski definition) is 2. The highest BCUT2D eigenvalue weighted by Gasteiger charge is 2.54. The van der Waals surface area contributed by atoms with E-state index in [4.69, 9.17) is 4.74 Å². The number of nitrogens with one attached hydrogen (secondary N) is 1. The minimum absolute atomic E-state index is 0.530. The minimum Gasteiger partial charge on any atom is -0.437 e. The Morgan fingerprint density at radius 2 is 1.95 bits per heavy atom. The maximum Gasteiger partial charge on any atom is 0.426 e. The predicted octanol–water partition coefficient (Wildman–Crippen LogP) is 3.36. The second-order valence-electron chi connectivity index (χ2n) is 6.24. The standard InChI is InChI=1S/C17H24N2O3/c1-13(2)9-8-12-16(3)17(4,21)19(18-15(20)22-16)14-10-6-5-7-11-14/h5-7,9-11,21H,8,12H2,1-4H3,(H,18,20)/t16-,17-/m0/s1. The fourth-order valence-corrected chi connectivity index (χ4v) is 2.58. The average Bonchev–Trinajstić information content (AvgIpc) is 2.43. The van der Waals surface area contributed by atoms with Gasteiger partial charge < -0.3 is 9.84 Å². The number of anilines is 1. The highest BCUT2D eigenvalue weighted by Crippen LogP contribution is 2.38. The number of nitrogens with zero attached hydrogens (tertiary/aromatic N) is 1. The number of aliphatic hydroxyl groups is 1. The van der Waals surface area contributed by atoms with E-state index in [0.717, 1.165) is 6.42 Å². The highest BCUT2D eigenvalue weighted by atomic mass is 16.6. The lowest BCUT2D eigenvalue weighted by atomic mass is 9.86. The normalized spacial score (nSPS) is 27.9. The summed E-state index contributed by atoms with van der Waals surface area (Å²) in [6.45, 7) is 7.46. The van der Waals surface area contributed by atoms with Crippen molar-refractivity contribution in [2.45, 2.75) is 51.9 Å². The number of rotatable bonds is 4. The zero-order chi connectivity index (χ0) is 16.4. The van der Waals surface area contributed by atoms with Crippen molar-refractivity contribution in [1.29, 1.82) is 0 Å². The fraction of sp³-hybridized carbons (Fsp3) is 0.471. The summed E-state index contributed by atoms with van der Waals surface area (Å²) >= 11 is 0. The Kier molecular flexibility index (Phi) is 4.47. The van der Waals surface area contributed by atoms with E-state index in [1.807, 2.05) is 44.2 Å². The molecule has 1 aliphatic heterocycles. The molecule has 2 N–H and O–H groups in total. The van der Waals surface area contributed by atoms with Crippen molar-refractivity contribution in [2.75, 3.05) is 5.01 Å². The SMILES string of the molecule is CC(C)=CCC[C@]1(C)OC(=O)NN(c2ccccc2)[C@@]1(C)O. The van der Waals surface area contributed by atoms with Gasteiger partial charge in [-0.05, 0) is 52.7 Å². The third-order valence-electron chi connectivity index (χ3n) is 4.15. The summed E-state index contributed by atoms with van der Waals surface area (Å²) < 4.78 is 5.45. The monoisotopic (exact) mass is 304 g/mol. The van der Waals surface area contributed by atoms with Gasteiger partial charge >= 0.3 is 6.09 Å². The number of carbonyl (C=O) groups excluding carboxylic acids is 1. The molecule has 22 heavy (non-hydrogen) atoms. The molecule has 1 saturated heterocycles. The van der Waals surface area contributed by atoms with Crippen LogP contribution in [0.5, 0.6) is 0 Å². The van der Waals surface area contributed by atoms with Crippen molar-refractivity contribution in [2.24, 2.45) is 0 Å². The lowest BCUT2D eigenvalue weighted by molar-refractivity contribution is -0.160. The van der Waals surface area contributed by atoms with Crippen LogP contribution < -0.4 is 10.4 Å². The van der Waals surface area contributed by atoms with Crippen molar-refractivity contribution in [3.8, 4) is 0 Å². The summed E-state index contributed by atoms with van der Waals surface area (Å²) in [5, 5.41) is 12.5. The summed E-state index contributed by atoms with van der Waals surface area (Å²) in [6.07, 6.45) is 2.77. The number of ether oxygens (including phenoxy) is 1. The van der Waals surface area contributed by atoms with Crippen LogP contribution in [0.3, 0.4) is 0 Å². The number of cyclic esters (lactones) is 1. The second-order valence-corrected chi connectivity index (χ2v) is 6.24. The van der Waals surface area contributed by atoms with E-state index in [1.165, 1.54) is 10.6 Å². The van der Waals surface area contributed by atoms with Gasteiger partial charge in [-0.15, -0.1) is 0 Å². The van der Waals surface area contributed by atoms with Crippen LogP contribution in [0.15, 0.2) is 42.0 Å². The first-order valence-electron chi connectivity index (χ1n) is 7.47. The summed E-state index contributed by atoms with van der Waals surface area (Å²) in [5.41, 5.74) is 2.09. The predicted molar refractivity (Wildman–Crippen MR) is 86.2 cm³/mol. The zero-order valence-corrected chi connectivity index (χ0v) is 13.6. The molecule has 1 amide bonds. The Hall–Kier alpha value is -2.01. The van der Waals surface area contributed by atoms with Gasteiger partial charge in [0.05, 0.1) is 5.69 Å². The first-order chi connectivity index (χ1) is 10.3. The Balaban J connectivity index is 2.30. The van der Waals surface area contributed by atoms with Crippen LogP contribution in [0.25, 0.3) is 0 Å². The van der Waals surface area contributed by atoms with Gasteiger partial charge in [0, 0.05) is 0 Å². The molecule has 2 atom stereocenters. The van der Waals surface area contributed by atoms with E-state index < -0.39 is 17.4 Å². The van der Waals surface area contributed by atoms with E-state index in [1.54, 1.807) is 13.8 Å². The van der Waals surface area contributed by atoms with Crippen LogP contribution in [0, 0.1) is 0 Å². The first kappa shape index (κ1) is 16.4. The Bertz CT molecular complexity index is 565. The summed E-state index contributed by atoms with van der Waals surface area (Å²) in [7, 11) is 0. The van der Waals surface area contributed by atoms with E-state index in [2.05, 4.69) is 11.5 Å². The molecule has 0 saturated carbocycles. The highest BCUT2D eigenvalue weighted by molar-refractivity contribution is 5.73. The second kappa shape index (κ2) is 6.01. The van der Waals surface area contributed by atoms with E-state index in [0.29, 0.717) is 12.1 Å². The number of hydrogen-bond acceptors (Lipinski definition) is 4. The van der Waals surface area contributed by atoms with Crippen molar-refractivity contribution in [3.05, 3.63) is 42.0 Å². The molecule has 0 spiro atoms. The molecule has 120 valence electrons. The maximum absolute atomic E-state index is 11.9. The van der Waals surface area contributed by atoms with Crippen LogP contribution in [0.1, 0.15) is 40.5 Å². The number of para-hydroxylation sites is 1. The van der Waals surface area contributed by atoms with Gasteiger partial charge in [0.1, 0.15) is 0 Å². The molecule has 0 bridgehead atoms. The molecule has 0 aromatic heterocycles. The third kappa shape index (κ3) is 3.09. The number of carbonyl (C=O) groups is 1. The van der Waals surface area contributed by atoms with Gasteiger partial charge in [-0.25, -0.2) is 15.2 Å². The summed E-state index contributed by atoms with van der Waals surface area (Å²) in [5.74, 6) is 0. The molecule has 1 aromatic carbocycles.